The van der Waals surface area contributed by atoms with Crippen molar-refractivity contribution in [2.75, 3.05) is 5.32 Å². The summed E-state index contributed by atoms with van der Waals surface area (Å²) in [7, 11) is 0. The fourth-order valence-electron chi connectivity index (χ4n) is 1.87. The van der Waals surface area contributed by atoms with E-state index in [-0.39, 0.29) is 11.9 Å². The predicted molar refractivity (Wildman–Crippen MR) is 83.0 cm³/mol. The van der Waals surface area contributed by atoms with Crippen LogP contribution in [0.15, 0.2) is 40.1 Å². The summed E-state index contributed by atoms with van der Waals surface area (Å²) in [5.74, 6) is 0.0423. The Balaban J connectivity index is 1.56. The molecule has 9 heteroatoms. The summed E-state index contributed by atoms with van der Waals surface area (Å²) >= 11 is 2.59. The van der Waals surface area contributed by atoms with Crippen LogP contribution in [-0.4, -0.2) is 24.9 Å². The summed E-state index contributed by atoms with van der Waals surface area (Å²) < 4.78 is 13.6. The van der Waals surface area contributed by atoms with Gasteiger partial charge in [-0.3, -0.25) is 10.1 Å². The number of fused-ring (bicyclic) bond motifs is 1. The fraction of sp³-hybridized carbons (Fsp3) is 0. The molecular weight excluding hydrogens is 322 g/mol. The number of rotatable bonds is 3. The summed E-state index contributed by atoms with van der Waals surface area (Å²) in [6.45, 7) is 0. The molecule has 0 aliphatic heterocycles. The van der Waals surface area contributed by atoms with E-state index in [0.717, 1.165) is 22.1 Å². The number of thiophene rings is 1. The van der Waals surface area contributed by atoms with Gasteiger partial charge in [0, 0.05) is 5.56 Å². The van der Waals surface area contributed by atoms with Crippen molar-refractivity contribution in [1.82, 2.24) is 18.9 Å². The molecule has 1 aromatic carbocycles. The maximum atomic E-state index is 12.2. The Morgan fingerprint density at radius 2 is 2.05 bits per heavy atom. The standard InChI is InChI=1S/C13H7N5O2S2/c19-11(7-3-4-8-9(6-7)18-22-17-8)14-13-16-15-12(20-13)10-2-1-5-21-10/h1-6H,(H,14,16,19). The highest BCUT2D eigenvalue weighted by Gasteiger charge is 2.14. The molecule has 0 atom stereocenters. The Morgan fingerprint density at radius 3 is 2.91 bits per heavy atom. The minimum atomic E-state index is -0.337. The van der Waals surface area contributed by atoms with Crippen LogP contribution >= 0.6 is 23.1 Å². The second-order valence-corrected chi connectivity index (χ2v) is 5.79. The first-order valence-electron chi connectivity index (χ1n) is 6.21. The van der Waals surface area contributed by atoms with Crippen LogP contribution in [0.25, 0.3) is 21.8 Å². The summed E-state index contributed by atoms with van der Waals surface area (Å²) in [6.07, 6.45) is 0. The first-order chi connectivity index (χ1) is 10.8. The molecule has 3 heterocycles. The lowest BCUT2D eigenvalue weighted by Gasteiger charge is -1.99. The Labute approximate surface area is 132 Å². The molecule has 4 rings (SSSR count). The molecule has 0 fully saturated rings. The van der Waals surface area contributed by atoms with Crippen LogP contribution in [0.5, 0.6) is 0 Å². The summed E-state index contributed by atoms with van der Waals surface area (Å²) in [5.41, 5.74) is 1.90. The van der Waals surface area contributed by atoms with Crippen molar-refractivity contribution in [2.45, 2.75) is 0 Å². The van der Waals surface area contributed by atoms with Crippen molar-refractivity contribution < 1.29 is 9.21 Å². The predicted octanol–water partition coefficient (Wildman–Crippen LogP) is 3.06. The van der Waals surface area contributed by atoms with Crippen LogP contribution < -0.4 is 5.32 Å². The molecule has 3 aromatic heterocycles. The van der Waals surface area contributed by atoms with E-state index in [4.69, 9.17) is 4.42 Å². The molecule has 7 nitrogen and oxygen atoms in total. The molecule has 1 amide bonds. The monoisotopic (exact) mass is 329 g/mol. The Bertz CT molecular complexity index is 944. The molecule has 4 aromatic rings. The van der Waals surface area contributed by atoms with Crippen molar-refractivity contribution >= 4 is 46.0 Å². The van der Waals surface area contributed by atoms with E-state index in [0.29, 0.717) is 17.0 Å². The van der Waals surface area contributed by atoms with Gasteiger partial charge in [0.25, 0.3) is 11.8 Å². The second kappa shape index (κ2) is 5.28. The quantitative estimate of drug-likeness (QED) is 0.621. The Kier molecular flexibility index (Phi) is 3.13. The number of aromatic nitrogens is 4. The van der Waals surface area contributed by atoms with Gasteiger partial charge in [0.05, 0.1) is 16.6 Å². The molecule has 0 aliphatic carbocycles. The fourth-order valence-corrected chi connectivity index (χ4v) is 3.03. The second-order valence-electron chi connectivity index (χ2n) is 4.31. The number of benzene rings is 1. The Hall–Kier alpha value is -2.65. The third-order valence-corrected chi connectivity index (χ3v) is 4.31. The molecule has 108 valence electrons. The highest BCUT2D eigenvalue weighted by atomic mass is 32.1. The van der Waals surface area contributed by atoms with E-state index in [1.165, 1.54) is 11.3 Å². The zero-order valence-electron chi connectivity index (χ0n) is 10.9. The minimum Gasteiger partial charge on any atom is -0.402 e. The smallest absolute Gasteiger partial charge is 0.322 e. The first kappa shape index (κ1) is 13.0. The van der Waals surface area contributed by atoms with Crippen molar-refractivity contribution in [3.8, 4) is 10.8 Å². The number of carbonyl (C=O) groups is 1. The van der Waals surface area contributed by atoms with Crippen LogP contribution in [0.1, 0.15) is 10.4 Å². The van der Waals surface area contributed by atoms with E-state index < -0.39 is 0 Å². The third kappa shape index (κ3) is 2.36. The van der Waals surface area contributed by atoms with Gasteiger partial charge in [-0.2, -0.15) is 8.75 Å². The number of nitrogens with one attached hydrogen (secondary N) is 1. The van der Waals surface area contributed by atoms with Crippen molar-refractivity contribution in [3.05, 3.63) is 41.3 Å². The molecule has 0 radical (unpaired) electrons. The number of hydrogen-bond acceptors (Lipinski definition) is 8. The van der Waals surface area contributed by atoms with E-state index in [2.05, 4.69) is 24.3 Å². The molecule has 0 saturated heterocycles. The molecule has 1 N–H and O–H groups in total. The molecule has 0 spiro atoms. The zero-order chi connectivity index (χ0) is 14.9. The molecule has 0 unspecified atom stereocenters. The average Bonchev–Trinajstić information content (AvgIpc) is 3.27. The van der Waals surface area contributed by atoms with Gasteiger partial charge in [0.15, 0.2) is 0 Å². The highest BCUT2D eigenvalue weighted by Crippen LogP contribution is 2.24. The lowest BCUT2D eigenvalue weighted by molar-refractivity contribution is 0.102. The van der Waals surface area contributed by atoms with Gasteiger partial charge in [0.2, 0.25) is 0 Å². The normalized spacial score (nSPS) is 10.9. The van der Waals surface area contributed by atoms with Crippen LogP contribution in [-0.2, 0) is 0 Å². The van der Waals surface area contributed by atoms with E-state index in [1.54, 1.807) is 18.2 Å². The van der Waals surface area contributed by atoms with Gasteiger partial charge in [-0.05, 0) is 29.6 Å². The number of anilines is 1. The average molecular weight is 329 g/mol. The first-order valence-corrected chi connectivity index (χ1v) is 7.82. The minimum absolute atomic E-state index is 0.0601. The SMILES string of the molecule is O=C(Nc1nnc(-c2cccs2)o1)c1ccc2nsnc2c1. The summed E-state index contributed by atoms with van der Waals surface area (Å²) in [4.78, 5) is 13.0. The molecule has 0 aliphatic rings. The Morgan fingerprint density at radius 1 is 1.14 bits per heavy atom. The highest BCUT2D eigenvalue weighted by molar-refractivity contribution is 7.13. The van der Waals surface area contributed by atoms with Crippen LogP contribution in [0.4, 0.5) is 6.01 Å². The lowest BCUT2D eigenvalue weighted by Crippen LogP contribution is -2.12. The van der Waals surface area contributed by atoms with E-state index >= 15 is 0 Å². The number of nitrogens with zero attached hydrogens (tertiary/aromatic N) is 4. The van der Waals surface area contributed by atoms with Crippen LogP contribution in [0, 0.1) is 0 Å². The zero-order valence-corrected chi connectivity index (χ0v) is 12.5. The molecular formula is C13H7N5O2S2. The summed E-state index contributed by atoms with van der Waals surface area (Å²) in [6, 6.07) is 8.91. The molecule has 0 bridgehead atoms. The van der Waals surface area contributed by atoms with Crippen molar-refractivity contribution in [1.29, 1.82) is 0 Å². The summed E-state index contributed by atoms with van der Waals surface area (Å²) in [5, 5.41) is 12.2. The van der Waals surface area contributed by atoms with Gasteiger partial charge < -0.3 is 4.42 Å². The van der Waals surface area contributed by atoms with Gasteiger partial charge in [0.1, 0.15) is 11.0 Å². The van der Waals surface area contributed by atoms with Crippen LogP contribution in [0.2, 0.25) is 0 Å². The van der Waals surface area contributed by atoms with E-state index in [9.17, 15) is 4.79 Å². The largest absolute Gasteiger partial charge is 0.402 e. The molecule has 0 saturated carbocycles. The number of amides is 1. The molecule has 22 heavy (non-hydrogen) atoms. The van der Waals surface area contributed by atoms with Gasteiger partial charge >= 0.3 is 6.01 Å². The topological polar surface area (TPSA) is 93.8 Å². The number of carbonyl (C=O) groups excluding carboxylic acids is 1. The maximum Gasteiger partial charge on any atom is 0.322 e. The lowest BCUT2D eigenvalue weighted by atomic mass is 10.2. The van der Waals surface area contributed by atoms with Gasteiger partial charge in [-0.15, -0.1) is 16.4 Å². The van der Waals surface area contributed by atoms with E-state index in [1.807, 2.05) is 17.5 Å². The van der Waals surface area contributed by atoms with Crippen molar-refractivity contribution in [2.24, 2.45) is 0 Å². The number of hydrogen-bond donors (Lipinski definition) is 1. The third-order valence-electron chi connectivity index (χ3n) is 2.89. The van der Waals surface area contributed by atoms with Crippen molar-refractivity contribution in [3.63, 3.8) is 0 Å². The van der Waals surface area contributed by atoms with Crippen LogP contribution in [0.3, 0.4) is 0 Å². The van der Waals surface area contributed by atoms with Gasteiger partial charge in [-0.1, -0.05) is 11.2 Å². The maximum absolute atomic E-state index is 12.2. The van der Waals surface area contributed by atoms with Gasteiger partial charge in [-0.25, -0.2) is 0 Å².